The molecule has 6 heteroatoms. The fourth-order valence-electron chi connectivity index (χ4n) is 2.07. The number of rotatable bonds is 9. The third-order valence-corrected chi connectivity index (χ3v) is 3.56. The van der Waals surface area contributed by atoms with Crippen LogP contribution in [-0.4, -0.2) is 32.3 Å². The maximum atomic E-state index is 11.2. The first-order valence-electron chi connectivity index (χ1n) is 8.56. The summed E-state index contributed by atoms with van der Waals surface area (Å²) in [5, 5.41) is 0. The highest BCUT2D eigenvalue weighted by Gasteiger charge is 2.06. The van der Waals surface area contributed by atoms with E-state index < -0.39 is 5.97 Å². The Morgan fingerprint density at radius 3 is 2.28 bits per heavy atom. The summed E-state index contributed by atoms with van der Waals surface area (Å²) in [7, 11) is 1.50. The average Bonchev–Trinajstić information content (AvgIpc) is 2.76. The minimum Gasteiger partial charge on any atom is -0.493 e. The van der Waals surface area contributed by atoms with Gasteiger partial charge in [0.2, 0.25) is 6.79 Å². The summed E-state index contributed by atoms with van der Waals surface area (Å²) in [6.07, 6.45) is 2.27. The summed E-state index contributed by atoms with van der Waals surface area (Å²) < 4.78 is 20.8. The molecule has 2 rings (SSSR count). The molecule has 148 valence electrons. The quantitative estimate of drug-likeness (QED) is 0.282. The predicted octanol–water partition coefficient (Wildman–Crippen LogP) is 3.29. The number of hydrogen-bond acceptors (Lipinski definition) is 6. The molecule has 0 amide bonds. The smallest absolute Gasteiger partial charge is 0.333 e. The van der Waals surface area contributed by atoms with Crippen molar-refractivity contribution in [3.8, 4) is 29.1 Å². The van der Waals surface area contributed by atoms with Crippen LogP contribution in [0.25, 0.3) is 0 Å². The Hall–Kier alpha value is -3.98. The van der Waals surface area contributed by atoms with Crippen molar-refractivity contribution in [1.82, 2.24) is 0 Å². The minimum absolute atomic E-state index is 0.0461. The first-order chi connectivity index (χ1) is 14.0. The zero-order chi connectivity index (χ0) is 21.1. The van der Waals surface area contributed by atoms with E-state index in [0.717, 1.165) is 11.6 Å². The maximum absolute atomic E-state index is 11.2. The van der Waals surface area contributed by atoms with Crippen molar-refractivity contribution in [1.29, 1.82) is 0 Å². The predicted molar refractivity (Wildman–Crippen MR) is 108 cm³/mol. The molecule has 0 saturated heterocycles. The molecule has 0 aliphatic heterocycles. The Morgan fingerprint density at radius 2 is 1.62 bits per heavy atom. The molecule has 0 radical (unpaired) electrons. The number of ketones is 1. The number of carbonyl (C=O) groups excluding carboxylic acids is 2. The molecule has 0 atom stereocenters. The molecular formula is C23H20O6. The standard InChI is InChI=1S/C23H20O6/c1-4-19(24)15-27-20-11-8-17(9-12-20)6-7-18-10-13-21(22(14-18)26-3)28-16-29-23(25)5-2/h4-5,8-14H,1-2,15-16H2,3H3. The lowest BCUT2D eigenvalue weighted by atomic mass is 10.1. The Balaban J connectivity index is 2.02. The molecule has 2 aromatic carbocycles. The van der Waals surface area contributed by atoms with Crippen LogP contribution in [0.15, 0.2) is 67.8 Å². The zero-order valence-electron chi connectivity index (χ0n) is 16.0. The van der Waals surface area contributed by atoms with Gasteiger partial charge in [0.05, 0.1) is 7.11 Å². The van der Waals surface area contributed by atoms with Crippen LogP contribution in [0.1, 0.15) is 11.1 Å². The molecular weight excluding hydrogens is 372 g/mol. The lowest BCUT2D eigenvalue weighted by Gasteiger charge is -2.10. The topological polar surface area (TPSA) is 71.1 Å². The van der Waals surface area contributed by atoms with Crippen LogP contribution in [-0.2, 0) is 14.3 Å². The highest BCUT2D eigenvalue weighted by atomic mass is 16.7. The lowest BCUT2D eigenvalue weighted by molar-refractivity contribution is -0.144. The molecule has 0 aliphatic carbocycles. The normalized spacial score (nSPS) is 9.41. The first-order valence-corrected chi connectivity index (χ1v) is 8.56. The largest absolute Gasteiger partial charge is 0.493 e. The van der Waals surface area contributed by atoms with Gasteiger partial charge in [0.1, 0.15) is 5.75 Å². The van der Waals surface area contributed by atoms with Crippen LogP contribution in [0.2, 0.25) is 0 Å². The second kappa shape index (κ2) is 11.0. The molecule has 6 nitrogen and oxygen atoms in total. The van der Waals surface area contributed by atoms with Crippen LogP contribution in [0, 0.1) is 11.8 Å². The van der Waals surface area contributed by atoms with Gasteiger partial charge in [0, 0.05) is 17.2 Å². The highest BCUT2D eigenvalue weighted by Crippen LogP contribution is 2.27. The summed E-state index contributed by atoms with van der Waals surface area (Å²) >= 11 is 0. The number of methoxy groups -OCH3 is 1. The molecule has 0 aliphatic rings. The van der Waals surface area contributed by atoms with E-state index in [1.165, 1.54) is 13.2 Å². The van der Waals surface area contributed by atoms with Gasteiger partial charge in [0.15, 0.2) is 23.9 Å². The molecule has 0 unspecified atom stereocenters. The third-order valence-electron chi connectivity index (χ3n) is 3.56. The van der Waals surface area contributed by atoms with E-state index in [0.29, 0.717) is 22.8 Å². The molecule has 0 fully saturated rings. The van der Waals surface area contributed by atoms with Gasteiger partial charge in [-0.1, -0.05) is 25.0 Å². The zero-order valence-corrected chi connectivity index (χ0v) is 16.0. The molecule has 2 aromatic rings. The van der Waals surface area contributed by atoms with Crippen molar-refractivity contribution in [2.24, 2.45) is 0 Å². The summed E-state index contributed by atoms with van der Waals surface area (Å²) in [5.74, 6) is 6.77. The highest BCUT2D eigenvalue weighted by molar-refractivity contribution is 5.90. The van der Waals surface area contributed by atoms with Gasteiger partial charge in [0.25, 0.3) is 0 Å². The lowest BCUT2D eigenvalue weighted by Crippen LogP contribution is -2.08. The number of hydrogen-bond donors (Lipinski definition) is 0. The number of carbonyl (C=O) groups is 2. The van der Waals surface area contributed by atoms with Crippen molar-refractivity contribution in [3.05, 3.63) is 78.9 Å². The van der Waals surface area contributed by atoms with Crippen molar-refractivity contribution in [2.75, 3.05) is 20.5 Å². The molecule has 29 heavy (non-hydrogen) atoms. The fourth-order valence-corrected chi connectivity index (χ4v) is 2.07. The summed E-state index contributed by atoms with van der Waals surface area (Å²) in [6.45, 7) is 6.41. The summed E-state index contributed by atoms with van der Waals surface area (Å²) in [6, 6.07) is 12.2. The van der Waals surface area contributed by atoms with Crippen molar-refractivity contribution < 1.29 is 28.5 Å². The van der Waals surface area contributed by atoms with Gasteiger partial charge in [-0.05, 0) is 48.5 Å². The molecule has 0 aromatic heterocycles. The van der Waals surface area contributed by atoms with Gasteiger partial charge in [-0.15, -0.1) is 0 Å². The average molecular weight is 392 g/mol. The van der Waals surface area contributed by atoms with E-state index in [2.05, 4.69) is 25.0 Å². The molecule has 0 bridgehead atoms. The van der Waals surface area contributed by atoms with E-state index in [9.17, 15) is 9.59 Å². The molecule has 0 heterocycles. The Labute approximate surface area is 169 Å². The Kier molecular flexibility index (Phi) is 8.09. The van der Waals surface area contributed by atoms with Gasteiger partial charge in [-0.25, -0.2) is 4.79 Å². The summed E-state index contributed by atoms with van der Waals surface area (Å²) in [4.78, 5) is 22.2. The third kappa shape index (κ3) is 6.92. The second-order valence-corrected chi connectivity index (χ2v) is 5.53. The van der Waals surface area contributed by atoms with Crippen molar-refractivity contribution in [2.45, 2.75) is 0 Å². The SMILES string of the molecule is C=CC(=O)COc1ccc(C#Cc2ccc(OCOC(=O)C=C)c(OC)c2)cc1. The second-order valence-electron chi connectivity index (χ2n) is 5.53. The van der Waals surface area contributed by atoms with Crippen molar-refractivity contribution >= 4 is 11.8 Å². The van der Waals surface area contributed by atoms with Crippen LogP contribution >= 0.6 is 0 Å². The van der Waals surface area contributed by atoms with Crippen LogP contribution in [0.5, 0.6) is 17.2 Å². The number of esters is 1. The van der Waals surface area contributed by atoms with E-state index in [1.807, 2.05) is 0 Å². The van der Waals surface area contributed by atoms with Gasteiger partial charge >= 0.3 is 5.97 Å². The maximum Gasteiger partial charge on any atom is 0.333 e. The van der Waals surface area contributed by atoms with Crippen LogP contribution in [0.4, 0.5) is 0 Å². The Bertz CT molecular complexity index is 948. The van der Waals surface area contributed by atoms with Gasteiger partial charge in [-0.3, -0.25) is 4.79 Å². The minimum atomic E-state index is -0.574. The van der Waals surface area contributed by atoms with Crippen molar-refractivity contribution in [3.63, 3.8) is 0 Å². The summed E-state index contributed by atoms with van der Waals surface area (Å²) in [5.41, 5.74) is 1.50. The van der Waals surface area contributed by atoms with Crippen LogP contribution < -0.4 is 14.2 Å². The van der Waals surface area contributed by atoms with E-state index in [-0.39, 0.29) is 19.2 Å². The fraction of sp³-hybridized carbons (Fsp3) is 0.130. The van der Waals surface area contributed by atoms with Crippen LogP contribution in [0.3, 0.4) is 0 Å². The molecule has 0 N–H and O–H groups in total. The molecule has 0 saturated carbocycles. The van der Waals surface area contributed by atoms with E-state index in [1.54, 1.807) is 42.5 Å². The van der Waals surface area contributed by atoms with E-state index in [4.69, 9.17) is 18.9 Å². The van der Waals surface area contributed by atoms with E-state index >= 15 is 0 Å². The molecule has 0 spiro atoms. The van der Waals surface area contributed by atoms with Gasteiger partial charge in [-0.2, -0.15) is 0 Å². The monoisotopic (exact) mass is 392 g/mol. The number of benzene rings is 2. The van der Waals surface area contributed by atoms with Gasteiger partial charge < -0.3 is 18.9 Å². The first kappa shape index (κ1) is 21.3. The number of ether oxygens (including phenoxy) is 4. The Morgan fingerprint density at radius 1 is 0.931 bits per heavy atom.